The van der Waals surface area contributed by atoms with Crippen molar-refractivity contribution in [2.45, 2.75) is 0 Å². The third kappa shape index (κ3) is 3.87. The predicted molar refractivity (Wildman–Crippen MR) is 86.2 cm³/mol. The maximum atomic E-state index is 11.8. The Bertz CT molecular complexity index is 768. The minimum atomic E-state index is -0.339. The van der Waals surface area contributed by atoms with Crippen LogP contribution in [0.3, 0.4) is 0 Å². The summed E-state index contributed by atoms with van der Waals surface area (Å²) in [4.78, 5) is 11.8. The average molecular weight is 325 g/mol. The molecule has 2 aromatic rings. The van der Waals surface area contributed by atoms with Crippen LogP contribution in [0.2, 0.25) is 0 Å². The molecule has 2 N–H and O–H groups in total. The van der Waals surface area contributed by atoms with Crippen LogP contribution in [0.15, 0.2) is 42.5 Å². The smallest absolute Gasteiger partial charge is 0.319 e. The van der Waals surface area contributed by atoms with Crippen molar-refractivity contribution in [3.8, 4) is 23.3 Å². The van der Waals surface area contributed by atoms with Crippen LogP contribution in [0.5, 0.6) is 17.2 Å². The highest BCUT2D eigenvalue weighted by Crippen LogP contribution is 2.34. The Hall–Kier alpha value is -3.40. The molecule has 1 aliphatic heterocycles. The van der Waals surface area contributed by atoms with Crippen molar-refractivity contribution < 1.29 is 19.0 Å². The highest BCUT2D eigenvalue weighted by molar-refractivity contribution is 5.89. The number of carbonyl (C=O) groups excluding carboxylic acids is 1. The van der Waals surface area contributed by atoms with E-state index in [1.807, 2.05) is 6.07 Å². The van der Waals surface area contributed by atoms with Gasteiger partial charge in [0.05, 0.1) is 18.2 Å². The lowest BCUT2D eigenvalue weighted by atomic mass is 10.2. The summed E-state index contributed by atoms with van der Waals surface area (Å²) in [6.45, 7) is 0.882. The molecule has 1 heterocycles. The van der Waals surface area contributed by atoms with Gasteiger partial charge in [-0.15, -0.1) is 0 Å². The van der Waals surface area contributed by atoms with Crippen molar-refractivity contribution in [1.29, 1.82) is 5.26 Å². The van der Waals surface area contributed by atoms with Gasteiger partial charge in [0.25, 0.3) is 0 Å². The summed E-state index contributed by atoms with van der Waals surface area (Å²) >= 11 is 0. The number of rotatable bonds is 5. The number of anilines is 1. The number of fused-ring (bicyclic) bond motifs is 1. The molecule has 7 nitrogen and oxygen atoms in total. The SMILES string of the molecule is N#Cc1ccc(NC(=O)NCCOc2ccc3c(c2)OCO3)cc1. The lowest BCUT2D eigenvalue weighted by Gasteiger charge is -2.09. The Morgan fingerprint density at radius 3 is 2.75 bits per heavy atom. The number of hydrogen-bond acceptors (Lipinski definition) is 5. The molecule has 0 radical (unpaired) electrons. The molecule has 0 aliphatic carbocycles. The fourth-order valence-electron chi connectivity index (χ4n) is 2.10. The van der Waals surface area contributed by atoms with E-state index in [0.29, 0.717) is 41.7 Å². The summed E-state index contributed by atoms with van der Waals surface area (Å²) in [5.74, 6) is 2.00. The molecule has 0 unspecified atom stereocenters. The first kappa shape index (κ1) is 15.5. The first-order chi connectivity index (χ1) is 11.7. The molecule has 1 aliphatic rings. The second-order valence-corrected chi connectivity index (χ2v) is 4.93. The van der Waals surface area contributed by atoms with Gasteiger partial charge >= 0.3 is 6.03 Å². The van der Waals surface area contributed by atoms with E-state index < -0.39 is 0 Å². The summed E-state index contributed by atoms with van der Waals surface area (Å²) < 4.78 is 16.0. The number of amides is 2. The third-order valence-electron chi connectivity index (χ3n) is 3.27. The van der Waals surface area contributed by atoms with Crippen molar-refractivity contribution in [2.24, 2.45) is 0 Å². The molecule has 2 aromatic carbocycles. The molecular weight excluding hydrogens is 310 g/mol. The maximum Gasteiger partial charge on any atom is 0.319 e. The first-order valence-corrected chi connectivity index (χ1v) is 7.32. The third-order valence-corrected chi connectivity index (χ3v) is 3.27. The molecule has 0 bridgehead atoms. The molecule has 0 fully saturated rings. The van der Waals surface area contributed by atoms with Gasteiger partial charge < -0.3 is 24.8 Å². The van der Waals surface area contributed by atoms with Gasteiger partial charge in [0.15, 0.2) is 11.5 Å². The van der Waals surface area contributed by atoms with Crippen molar-refractivity contribution in [3.63, 3.8) is 0 Å². The van der Waals surface area contributed by atoms with E-state index in [4.69, 9.17) is 19.5 Å². The molecule has 0 spiro atoms. The van der Waals surface area contributed by atoms with Crippen LogP contribution < -0.4 is 24.8 Å². The quantitative estimate of drug-likeness (QED) is 0.824. The molecule has 24 heavy (non-hydrogen) atoms. The normalized spacial score (nSPS) is 11.5. The highest BCUT2D eigenvalue weighted by Gasteiger charge is 2.13. The molecule has 0 atom stereocenters. The topological polar surface area (TPSA) is 92.6 Å². The molecule has 122 valence electrons. The second-order valence-electron chi connectivity index (χ2n) is 4.93. The number of urea groups is 1. The van der Waals surface area contributed by atoms with Crippen LogP contribution in [0.25, 0.3) is 0 Å². The lowest BCUT2D eigenvalue weighted by Crippen LogP contribution is -2.32. The summed E-state index contributed by atoms with van der Waals surface area (Å²) in [5.41, 5.74) is 1.15. The van der Waals surface area contributed by atoms with Crippen LogP contribution in [0.4, 0.5) is 10.5 Å². The Balaban J connectivity index is 1.39. The number of carbonyl (C=O) groups is 1. The van der Waals surface area contributed by atoms with E-state index in [-0.39, 0.29) is 12.8 Å². The minimum absolute atomic E-state index is 0.218. The molecule has 0 aromatic heterocycles. The van der Waals surface area contributed by atoms with Crippen molar-refractivity contribution in [2.75, 3.05) is 25.3 Å². The Kier molecular flexibility index (Phi) is 4.68. The van der Waals surface area contributed by atoms with Gasteiger partial charge in [0.2, 0.25) is 6.79 Å². The van der Waals surface area contributed by atoms with Gasteiger partial charge in [-0.2, -0.15) is 5.26 Å². The summed E-state index contributed by atoms with van der Waals surface area (Å²) in [5, 5.41) is 14.1. The predicted octanol–water partition coefficient (Wildman–Crippen LogP) is 2.49. The number of nitriles is 1. The Morgan fingerprint density at radius 1 is 1.17 bits per heavy atom. The van der Waals surface area contributed by atoms with Crippen LogP contribution in [0.1, 0.15) is 5.56 Å². The van der Waals surface area contributed by atoms with Gasteiger partial charge in [-0.3, -0.25) is 0 Å². The molecular formula is C17H15N3O4. The van der Waals surface area contributed by atoms with E-state index in [1.54, 1.807) is 42.5 Å². The monoisotopic (exact) mass is 325 g/mol. The zero-order valence-corrected chi connectivity index (χ0v) is 12.7. The van der Waals surface area contributed by atoms with Gasteiger partial charge in [-0.1, -0.05) is 0 Å². The number of nitrogens with zero attached hydrogens (tertiary/aromatic N) is 1. The first-order valence-electron chi connectivity index (χ1n) is 7.32. The zero-order chi connectivity index (χ0) is 16.8. The van der Waals surface area contributed by atoms with Crippen molar-refractivity contribution in [3.05, 3.63) is 48.0 Å². The number of nitrogens with one attached hydrogen (secondary N) is 2. The summed E-state index contributed by atoms with van der Waals surface area (Å²) in [6, 6.07) is 13.6. The van der Waals surface area contributed by atoms with E-state index in [9.17, 15) is 4.79 Å². The van der Waals surface area contributed by atoms with Crippen LogP contribution >= 0.6 is 0 Å². The van der Waals surface area contributed by atoms with E-state index in [2.05, 4.69) is 10.6 Å². The molecule has 2 amide bonds. The number of benzene rings is 2. The lowest BCUT2D eigenvalue weighted by molar-refractivity contribution is 0.173. The van der Waals surface area contributed by atoms with Crippen molar-refractivity contribution >= 4 is 11.7 Å². The van der Waals surface area contributed by atoms with Gasteiger partial charge in [0, 0.05) is 11.8 Å². The van der Waals surface area contributed by atoms with E-state index >= 15 is 0 Å². The van der Waals surface area contributed by atoms with E-state index in [0.717, 1.165) is 0 Å². The fraction of sp³-hybridized carbons (Fsp3) is 0.176. The fourth-order valence-corrected chi connectivity index (χ4v) is 2.10. The highest BCUT2D eigenvalue weighted by atomic mass is 16.7. The van der Waals surface area contributed by atoms with E-state index in [1.165, 1.54) is 0 Å². The Labute approximate surface area is 138 Å². The standard InChI is InChI=1S/C17H15N3O4/c18-10-12-1-3-13(4-2-12)20-17(21)19-7-8-22-14-5-6-15-16(9-14)24-11-23-15/h1-6,9H,7-8,11H2,(H2,19,20,21). The molecule has 0 saturated heterocycles. The largest absolute Gasteiger partial charge is 0.492 e. The van der Waals surface area contributed by atoms with Crippen molar-refractivity contribution in [1.82, 2.24) is 5.32 Å². The second kappa shape index (κ2) is 7.24. The maximum absolute atomic E-state index is 11.8. The van der Waals surface area contributed by atoms with Crippen LogP contribution in [-0.4, -0.2) is 26.0 Å². The summed E-state index contributed by atoms with van der Waals surface area (Å²) in [6.07, 6.45) is 0. The molecule has 0 saturated carbocycles. The minimum Gasteiger partial charge on any atom is -0.492 e. The zero-order valence-electron chi connectivity index (χ0n) is 12.7. The van der Waals surface area contributed by atoms with Gasteiger partial charge in [0.1, 0.15) is 12.4 Å². The van der Waals surface area contributed by atoms with Crippen LogP contribution in [0, 0.1) is 11.3 Å². The summed E-state index contributed by atoms with van der Waals surface area (Å²) in [7, 11) is 0. The van der Waals surface area contributed by atoms with Crippen LogP contribution in [-0.2, 0) is 0 Å². The van der Waals surface area contributed by atoms with Gasteiger partial charge in [-0.25, -0.2) is 4.79 Å². The molecule has 7 heteroatoms. The average Bonchev–Trinajstić information content (AvgIpc) is 3.07. The Morgan fingerprint density at radius 2 is 1.96 bits per heavy atom. The molecule has 3 rings (SSSR count). The van der Waals surface area contributed by atoms with Gasteiger partial charge in [-0.05, 0) is 36.4 Å². The number of hydrogen-bond donors (Lipinski definition) is 2. The number of ether oxygens (including phenoxy) is 3.